The van der Waals surface area contributed by atoms with Crippen LogP contribution < -0.4 is 0 Å². The van der Waals surface area contributed by atoms with Gasteiger partial charge in [0, 0.05) is 25.7 Å². The van der Waals surface area contributed by atoms with Crippen molar-refractivity contribution in [1.82, 2.24) is 0 Å². The van der Waals surface area contributed by atoms with Crippen LogP contribution in [-0.4, -0.2) is 94.1 Å². The lowest BCUT2D eigenvalue weighted by Crippen LogP contribution is -2.66. The second-order valence-electron chi connectivity index (χ2n) is 15.0. The van der Waals surface area contributed by atoms with E-state index >= 15 is 0 Å². The van der Waals surface area contributed by atoms with E-state index in [1.165, 1.54) is 20.8 Å². The van der Waals surface area contributed by atoms with Crippen LogP contribution in [0.25, 0.3) is 10.4 Å². The number of hydrogen-bond donors (Lipinski definition) is 1. The fourth-order valence-electron chi connectivity index (χ4n) is 6.03. The molecule has 2 aliphatic rings. The Labute approximate surface area is 318 Å². The number of ether oxygens (including phenoxy) is 8. The molecular formula is C38H54N4O11Si. The first-order chi connectivity index (χ1) is 25.5. The van der Waals surface area contributed by atoms with Crippen LogP contribution in [0.2, 0.25) is 18.1 Å². The Morgan fingerprint density at radius 1 is 0.815 bits per heavy atom. The van der Waals surface area contributed by atoms with Crippen molar-refractivity contribution in [2.45, 2.75) is 141 Å². The molecule has 0 radical (unpaired) electrons. The molecule has 2 saturated heterocycles. The maximum absolute atomic E-state index is 12.7. The first kappa shape index (κ1) is 42.9. The largest absolute Gasteiger partial charge is 0.459 e. The van der Waals surface area contributed by atoms with Crippen molar-refractivity contribution in [3.8, 4) is 0 Å². The Balaban J connectivity index is 1.76. The minimum Gasteiger partial charge on any atom is -0.459 e. The summed E-state index contributed by atoms with van der Waals surface area (Å²) in [5, 5.41) is 11.8. The van der Waals surface area contributed by atoms with Crippen molar-refractivity contribution < 1.29 is 51.9 Å². The Hall–Kier alpha value is -3.86. The molecule has 15 nitrogen and oxygen atoms in total. The summed E-state index contributed by atoms with van der Waals surface area (Å²) < 4.78 is 56.4. The van der Waals surface area contributed by atoms with Crippen LogP contribution in [0.3, 0.4) is 0 Å². The van der Waals surface area contributed by atoms with E-state index < -0.39 is 81.6 Å². The molecule has 2 fully saturated rings. The van der Waals surface area contributed by atoms with E-state index in [2.05, 4.69) is 43.9 Å². The third-order valence-corrected chi connectivity index (χ3v) is 14.1. The summed E-state index contributed by atoms with van der Waals surface area (Å²) in [6.45, 7) is 16.4. The van der Waals surface area contributed by atoms with Gasteiger partial charge < -0.3 is 42.3 Å². The molecule has 0 amide bonds. The molecule has 16 heteroatoms. The smallest absolute Gasteiger partial charge is 0.303 e. The average Bonchev–Trinajstić information content (AvgIpc) is 3.09. The number of hydrogen-bond acceptors (Lipinski definition) is 13. The summed E-state index contributed by atoms with van der Waals surface area (Å²) in [6.07, 6.45) is -9.57. The van der Waals surface area contributed by atoms with Crippen molar-refractivity contribution in [1.29, 1.82) is 5.41 Å². The zero-order chi connectivity index (χ0) is 39.6. The lowest BCUT2D eigenvalue weighted by molar-refractivity contribution is -0.339. The average molecular weight is 771 g/mol. The molecule has 0 aromatic heterocycles. The number of carbonyl (C=O) groups is 2. The monoisotopic (exact) mass is 770 g/mol. The maximum Gasteiger partial charge on any atom is 0.303 e. The van der Waals surface area contributed by atoms with Gasteiger partial charge in [0.2, 0.25) is 6.29 Å². The van der Waals surface area contributed by atoms with E-state index in [4.69, 9.17) is 47.7 Å². The van der Waals surface area contributed by atoms with Crippen LogP contribution in [0.5, 0.6) is 0 Å². The molecule has 2 heterocycles. The van der Waals surface area contributed by atoms with Gasteiger partial charge in [-0.05, 0) is 41.7 Å². The molecule has 1 N–H and O–H groups in total. The summed E-state index contributed by atoms with van der Waals surface area (Å²) in [5.74, 6) is -1.43. The number of nitrogens with one attached hydrogen (secondary N) is 1. The number of nitrogens with zero attached hydrogens (tertiary/aromatic N) is 3. The van der Waals surface area contributed by atoms with E-state index in [9.17, 15) is 15.1 Å². The molecule has 10 atom stereocenters. The molecule has 4 rings (SSSR count). The molecular weight excluding hydrogens is 717 g/mol. The minimum absolute atomic E-state index is 0.00402. The third-order valence-electron chi connectivity index (χ3n) is 9.63. The van der Waals surface area contributed by atoms with Crippen LogP contribution in [-0.2, 0) is 65.1 Å². The van der Waals surface area contributed by atoms with Crippen LogP contribution >= 0.6 is 0 Å². The van der Waals surface area contributed by atoms with Gasteiger partial charge in [-0.15, -0.1) is 0 Å². The lowest BCUT2D eigenvalue weighted by atomic mass is 9.95. The van der Waals surface area contributed by atoms with Crippen molar-refractivity contribution in [3.63, 3.8) is 0 Å². The van der Waals surface area contributed by atoms with E-state index in [0.29, 0.717) is 0 Å². The normalized spacial score (nSPS) is 28.7. The van der Waals surface area contributed by atoms with Gasteiger partial charge in [0.05, 0.1) is 25.9 Å². The zero-order valence-corrected chi connectivity index (χ0v) is 33.5. The van der Waals surface area contributed by atoms with Gasteiger partial charge in [-0.1, -0.05) is 86.5 Å². The summed E-state index contributed by atoms with van der Waals surface area (Å²) in [7, 11) is -2.58. The summed E-state index contributed by atoms with van der Waals surface area (Å²) in [6, 6.07) is 17.7. The first-order valence-corrected chi connectivity index (χ1v) is 20.9. The third kappa shape index (κ3) is 11.6. The minimum atomic E-state index is -2.58. The van der Waals surface area contributed by atoms with E-state index in [-0.39, 0.29) is 30.8 Å². The topological polar surface area (TPSA) is 190 Å². The lowest BCUT2D eigenvalue weighted by Gasteiger charge is -2.50. The highest BCUT2D eigenvalue weighted by Crippen LogP contribution is 2.41. The standard InChI is InChI=1S/C38H54N4O11Si/c1-23-31(34(46-21-28-18-14-11-15-19-28)35(50-26(4)44)37(47-23)48-24(2)39)52-36-30(41-42-40)33(49-25(3)43)32(53-54(8,9)38(5,6)7)29(51-36)22-45-20-27-16-12-10-13-17-27/h10-19,23,29-37,39H,20-22H2,1-9H3/t23?,29?,30-,31+,32-,33?,34?,35-,36-,37-/m0/s1. The van der Waals surface area contributed by atoms with Crippen LogP contribution in [0.15, 0.2) is 65.8 Å². The maximum atomic E-state index is 12.7. The fraction of sp³-hybridized carbons (Fsp3) is 0.605. The molecule has 0 bridgehead atoms. The van der Waals surface area contributed by atoms with Gasteiger partial charge in [-0.25, -0.2) is 0 Å². The number of esters is 2. The Morgan fingerprint density at radius 2 is 1.39 bits per heavy atom. The van der Waals surface area contributed by atoms with E-state index in [1.54, 1.807) is 6.92 Å². The molecule has 0 saturated carbocycles. The van der Waals surface area contributed by atoms with E-state index in [0.717, 1.165) is 11.1 Å². The molecule has 54 heavy (non-hydrogen) atoms. The van der Waals surface area contributed by atoms with Crippen LogP contribution in [0.4, 0.5) is 0 Å². The summed E-state index contributed by atoms with van der Waals surface area (Å²) in [5.41, 5.74) is 11.6. The van der Waals surface area contributed by atoms with Gasteiger partial charge in [0.15, 0.2) is 26.6 Å². The predicted octanol–water partition coefficient (Wildman–Crippen LogP) is 6.59. The first-order valence-electron chi connectivity index (χ1n) is 18.0. The molecule has 2 aromatic rings. The number of rotatable bonds is 15. The number of azide groups is 1. The zero-order valence-electron chi connectivity index (χ0n) is 32.5. The second kappa shape index (κ2) is 19.1. The van der Waals surface area contributed by atoms with Crippen molar-refractivity contribution in [3.05, 3.63) is 82.2 Å². The SMILES string of the molecule is CC(=N)O[C@@H]1OC(C)[C@@H](O[C@@H]2OC(COCc3ccccc3)[C@H](O[Si](C)(C)C(C)(C)C)C(OC(C)=O)[C@@H]2N=[N+]=[N-])C(OCc2ccccc2)[C@@H]1OC(C)=O. The molecule has 4 unspecified atom stereocenters. The molecule has 2 aliphatic heterocycles. The highest BCUT2D eigenvalue weighted by Gasteiger charge is 2.56. The van der Waals surface area contributed by atoms with Crippen molar-refractivity contribution >= 4 is 26.2 Å². The van der Waals surface area contributed by atoms with Crippen LogP contribution in [0, 0.1) is 5.41 Å². The van der Waals surface area contributed by atoms with Gasteiger partial charge in [-0.3, -0.25) is 15.0 Å². The Kier molecular flexibility index (Phi) is 15.2. The van der Waals surface area contributed by atoms with E-state index in [1.807, 2.05) is 60.7 Å². The highest BCUT2D eigenvalue weighted by molar-refractivity contribution is 6.74. The highest BCUT2D eigenvalue weighted by atomic mass is 28.4. The Morgan fingerprint density at radius 3 is 1.93 bits per heavy atom. The molecule has 2 aromatic carbocycles. The molecule has 0 spiro atoms. The summed E-state index contributed by atoms with van der Waals surface area (Å²) in [4.78, 5) is 28.3. The summed E-state index contributed by atoms with van der Waals surface area (Å²) >= 11 is 0. The van der Waals surface area contributed by atoms with Gasteiger partial charge in [0.1, 0.15) is 36.6 Å². The number of carbonyl (C=O) groups excluding carboxylic acids is 2. The van der Waals surface area contributed by atoms with Crippen LogP contribution in [0.1, 0.15) is 59.6 Å². The molecule has 296 valence electrons. The van der Waals surface area contributed by atoms with Gasteiger partial charge in [-0.2, -0.15) is 0 Å². The predicted molar refractivity (Wildman–Crippen MR) is 200 cm³/mol. The number of benzene rings is 2. The van der Waals surface area contributed by atoms with Crippen molar-refractivity contribution in [2.75, 3.05) is 6.61 Å². The quantitative estimate of drug-likeness (QED) is 0.0391. The van der Waals surface area contributed by atoms with Crippen molar-refractivity contribution in [2.24, 2.45) is 5.11 Å². The van der Waals surface area contributed by atoms with Gasteiger partial charge >= 0.3 is 11.9 Å². The fourth-order valence-corrected chi connectivity index (χ4v) is 7.35. The second-order valence-corrected chi connectivity index (χ2v) is 19.7. The van der Waals surface area contributed by atoms with Gasteiger partial charge in [0.25, 0.3) is 0 Å². The Bertz CT molecular complexity index is 1590. The molecule has 0 aliphatic carbocycles.